The number of aliphatic hydroxyl groups is 1. The van der Waals surface area contributed by atoms with Crippen LogP contribution in [0.25, 0.3) is 10.4 Å². The largest absolute Gasteiger partial charge is 1.00 e. The second-order valence-electron chi connectivity index (χ2n) is 9.90. The molecule has 1 aromatic carbocycles. The van der Waals surface area contributed by atoms with Crippen LogP contribution in [-0.4, -0.2) is 49.8 Å². The SMILES string of the molecule is CSc1c2sc(C3=C(C(=O)O)N4C(=O)[C@H]([C@@H](C)O)[C@H]4[C@H]3C)cn2c[n+]1Cc1cccc(C[n+]2ccsc2)c1.[Br-].[Br-]. The van der Waals surface area contributed by atoms with E-state index in [1.807, 2.05) is 19.4 Å². The summed E-state index contributed by atoms with van der Waals surface area (Å²) >= 11 is 4.89. The van der Waals surface area contributed by atoms with Crippen molar-refractivity contribution in [3.05, 3.63) is 75.6 Å². The monoisotopic (exact) mass is 726 g/mol. The Balaban J connectivity index is 0.00000185. The standard InChI is InChI=1S/C27H27N4O4S3.2BrH/c1-15-20(23(27(34)35)31-22(15)21(16(2)32)24(31)33)19-12-30-13-29(25(36-3)26(30)38-19)11-18-6-4-5-17(9-18)10-28-7-8-37-14-28;;/h4-9,12-16,21-22,32H,10-11H2,1-3H3;2*1H/q+1;;/p-1/t15-,16+,21+,22+;;/m0../s1. The molecule has 2 N–H and O–H groups in total. The Labute approximate surface area is 265 Å². The van der Waals surface area contributed by atoms with Crippen molar-refractivity contribution in [3.63, 3.8) is 0 Å². The number of thioether (sulfide) groups is 1. The highest BCUT2D eigenvalue weighted by Crippen LogP contribution is 2.51. The highest BCUT2D eigenvalue weighted by molar-refractivity contribution is 7.98. The molecule has 1 fully saturated rings. The van der Waals surface area contributed by atoms with Gasteiger partial charge in [-0.1, -0.05) is 59.6 Å². The topological polar surface area (TPSA) is 90.0 Å². The van der Waals surface area contributed by atoms with Crippen LogP contribution < -0.4 is 43.1 Å². The van der Waals surface area contributed by atoms with Crippen LogP contribution in [0.1, 0.15) is 29.9 Å². The number of benzene rings is 1. The second kappa shape index (κ2) is 12.1. The van der Waals surface area contributed by atoms with Gasteiger partial charge in [0, 0.05) is 17.1 Å². The number of hydrogen-bond donors (Lipinski definition) is 2. The molecule has 2 aliphatic heterocycles. The fourth-order valence-corrected chi connectivity index (χ4v) is 8.63. The maximum Gasteiger partial charge on any atom is 0.352 e. The number of carboxylic acids is 1. The molecule has 0 bridgehead atoms. The van der Waals surface area contributed by atoms with E-state index in [0.29, 0.717) is 5.57 Å². The van der Waals surface area contributed by atoms with E-state index in [4.69, 9.17) is 0 Å². The Hall–Kier alpha value is -2.03. The van der Waals surface area contributed by atoms with Crippen molar-refractivity contribution in [3.8, 4) is 0 Å². The first-order chi connectivity index (χ1) is 18.3. The molecule has 0 spiro atoms. The van der Waals surface area contributed by atoms with E-state index in [9.17, 15) is 19.8 Å². The first kappa shape index (κ1) is 30.9. The maximum atomic E-state index is 12.7. The van der Waals surface area contributed by atoms with Crippen LogP contribution in [0.2, 0.25) is 0 Å². The minimum Gasteiger partial charge on any atom is -1.00 e. The third-order valence-corrected chi connectivity index (χ3v) is 10.2. The predicted octanol–water partition coefficient (Wildman–Crippen LogP) is -2.88. The van der Waals surface area contributed by atoms with Gasteiger partial charge in [-0.05, 0) is 24.8 Å². The molecule has 40 heavy (non-hydrogen) atoms. The number of carboxylic acid groups (broad SMARTS) is 1. The first-order valence-corrected chi connectivity index (χ1v) is 15.3. The van der Waals surface area contributed by atoms with Crippen LogP contribution in [0.3, 0.4) is 0 Å². The minimum absolute atomic E-state index is 0. The van der Waals surface area contributed by atoms with Gasteiger partial charge in [0.1, 0.15) is 18.4 Å². The number of hydrogen-bond acceptors (Lipinski definition) is 6. The minimum atomic E-state index is -1.11. The van der Waals surface area contributed by atoms with Crippen LogP contribution in [0, 0.1) is 11.8 Å². The summed E-state index contributed by atoms with van der Waals surface area (Å²) in [6.45, 7) is 5.11. The van der Waals surface area contributed by atoms with E-state index in [1.54, 1.807) is 41.4 Å². The molecule has 8 nitrogen and oxygen atoms in total. The van der Waals surface area contributed by atoms with Gasteiger partial charge in [0.25, 0.3) is 6.33 Å². The number of halogens is 2. The number of carbonyl (C=O) groups excluding carboxylic acids is 1. The number of aliphatic carboxylic acids is 1. The molecule has 5 heterocycles. The fourth-order valence-electron chi connectivity index (χ4n) is 5.85. The van der Waals surface area contributed by atoms with E-state index in [0.717, 1.165) is 27.8 Å². The molecule has 212 valence electrons. The average Bonchev–Trinajstić information content (AvgIpc) is 3.62. The van der Waals surface area contributed by atoms with Gasteiger partial charge < -0.3 is 49.1 Å². The molecule has 4 atom stereocenters. The van der Waals surface area contributed by atoms with Crippen molar-refractivity contribution in [2.75, 3.05) is 6.26 Å². The molecule has 6 rings (SSSR count). The van der Waals surface area contributed by atoms with Gasteiger partial charge >= 0.3 is 5.97 Å². The van der Waals surface area contributed by atoms with Crippen molar-refractivity contribution in [1.82, 2.24) is 9.30 Å². The Bertz CT molecular complexity index is 1600. The van der Waals surface area contributed by atoms with Crippen molar-refractivity contribution in [2.45, 2.75) is 44.1 Å². The second-order valence-corrected chi connectivity index (χ2v) is 12.5. The van der Waals surface area contributed by atoms with Gasteiger partial charge in [-0.25, -0.2) is 9.36 Å². The van der Waals surface area contributed by atoms with E-state index in [2.05, 4.69) is 61.2 Å². The number of nitrogens with zero attached hydrogens (tertiary/aromatic N) is 4. The highest BCUT2D eigenvalue weighted by Gasteiger charge is 2.60. The van der Waals surface area contributed by atoms with Gasteiger partial charge in [-0.3, -0.25) is 4.79 Å². The van der Waals surface area contributed by atoms with Gasteiger partial charge in [0.2, 0.25) is 21.3 Å². The molecule has 0 saturated carbocycles. The Morgan fingerprint density at radius 3 is 2.58 bits per heavy atom. The van der Waals surface area contributed by atoms with E-state index < -0.39 is 18.0 Å². The normalized spacial score (nSPS) is 20.6. The lowest BCUT2D eigenvalue weighted by atomic mass is 9.77. The zero-order chi connectivity index (χ0) is 26.7. The molecular weight excluding hydrogens is 700 g/mol. The van der Waals surface area contributed by atoms with E-state index >= 15 is 0 Å². The molecule has 1 amide bonds. The van der Waals surface area contributed by atoms with Crippen molar-refractivity contribution in [1.29, 1.82) is 0 Å². The van der Waals surface area contributed by atoms with E-state index in [-0.39, 0.29) is 57.5 Å². The molecule has 13 heteroatoms. The Morgan fingerprint density at radius 1 is 1.23 bits per heavy atom. The number of aliphatic hydroxyl groups excluding tert-OH is 1. The average molecular weight is 729 g/mol. The maximum absolute atomic E-state index is 12.7. The molecule has 2 aliphatic rings. The lowest BCUT2D eigenvalue weighted by Gasteiger charge is -2.46. The van der Waals surface area contributed by atoms with Crippen molar-refractivity contribution < 1.29 is 62.9 Å². The molecule has 1 saturated heterocycles. The third-order valence-electron chi connectivity index (χ3n) is 7.48. The van der Waals surface area contributed by atoms with Crippen LogP contribution in [0.5, 0.6) is 0 Å². The van der Waals surface area contributed by atoms with Crippen LogP contribution >= 0.6 is 34.4 Å². The zero-order valence-electron chi connectivity index (χ0n) is 21.9. The third kappa shape index (κ3) is 5.09. The summed E-state index contributed by atoms with van der Waals surface area (Å²) in [7, 11) is 0. The molecular formula is C27H28Br2N4O4S3. The van der Waals surface area contributed by atoms with Gasteiger partial charge in [-0.2, -0.15) is 8.97 Å². The van der Waals surface area contributed by atoms with E-state index in [1.165, 1.54) is 16.0 Å². The lowest BCUT2D eigenvalue weighted by molar-refractivity contribution is -0.721. The molecule has 3 aromatic heterocycles. The number of imidazole rings is 1. The highest BCUT2D eigenvalue weighted by atomic mass is 79.9. The summed E-state index contributed by atoms with van der Waals surface area (Å²) in [5, 5.41) is 23.4. The fraction of sp³-hybridized carbons (Fsp3) is 0.333. The van der Waals surface area contributed by atoms with Crippen LogP contribution in [-0.2, 0) is 22.7 Å². The number of β-lactam (4-membered cyclic amide) rings is 1. The number of fused-ring (bicyclic) bond motifs is 2. The smallest absolute Gasteiger partial charge is 0.352 e. The van der Waals surface area contributed by atoms with Gasteiger partial charge in [0.15, 0.2) is 12.7 Å². The number of aromatic nitrogens is 3. The van der Waals surface area contributed by atoms with Crippen LogP contribution in [0.4, 0.5) is 0 Å². The summed E-state index contributed by atoms with van der Waals surface area (Å²) in [5.41, 5.74) is 5.28. The first-order valence-electron chi connectivity index (χ1n) is 12.3. The summed E-state index contributed by atoms with van der Waals surface area (Å²) in [5.74, 6) is -2.17. The number of carbonyl (C=O) groups is 2. The number of rotatable bonds is 8. The Morgan fingerprint density at radius 2 is 1.95 bits per heavy atom. The van der Waals surface area contributed by atoms with Crippen molar-refractivity contribution in [2.24, 2.45) is 11.8 Å². The summed E-state index contributed by atoms with van der Waals surface area (Å²) in [6, 6.07) is 8.30. The van der Waals surface area contributed by atoms with Crippen LogP contribution in [0.15, 0.2) is 64.6 Å². The van der Waals surface area contributed by atoms with Crippen molar-refractivity contribution >= 4 is 56.7 Å². The zero-order valence-corrected chi connectivity index (χ0v) is 27.5. The molecule has 0 radical (unpaired) electrons. The lowest BCUT2D eigenvalue weighted by Crippen LogP contribution is -3.00. The number of amides is 1. The Kier molecular flexibility index (Phi) is 9.32. The summed E-state index contributed by atoms with van der Waals surface area (Å²) < 4.78 is 6.45. The summed E-state index contributed by atoms with van der Waals surface area (Å²) in [4.78, 5) is 28.3. The van der Waals surface area contributed by atoms with Gasteiger partial charge in [0.05, 0.1) is 28.3 Å². The molecule has 0 aliphatic carbocycles. The predicted molar refractivity (Wildman–Crippen MR) is 146 cm³/mol. The quantitative estimate of drug-likeness (QED) is 0.116. The molecule has 0 unspecified atom stereocenters. The van der Waals surface area contributed by atoms with Gasteiger partial charge in [-0.15, -0.1) is 0 Å². The summed E-state index contributed by atoms with van der Waals surface area (Å²) in [6.07, 6.45) is 7.34. The number of thiazole rings is 2. The molecule has 4 aromatic rings.